The number of benzene rings is 2. The highest BCUT2D eigenvalue weighted by Crippen LogP contribution is 2.44. The largest absolute Gasteiger partial charge is 0.390 e. The summed E-state index contributed by atoms with van der Waals surface area (Å²) in [6.45, 7) is 4.82. The van der Waals surface area contributed by atoms with Gasteiger partial charge in [-0.2, -0.15) is 0 Å². The van der Waals surface area contributed by atoms with Crippen LogP contribution in [-0.4, -0.2) is 77.4 Å². The van der Waals surface area contributed by atoms with Gasteiger partial charge in [-0.15, -0.1) is 0 Å². The number of nitrogens with zero attached hydrogens (tertiary/aromatic N) is 2. The molecule has 5 nitrogen and oxygen atoms in total. The third kappa shape index (κ3) is 5.42. The topological polar surface area (TPSA) is 54.5 Å². The number of anilines is 1. The molecule has 2 atom stereocenters. The van der Waals surface area contributed by atoms with E-state index in [1.807, 2.05) is 18.2 Å². The first kappa shape index (κ1) is 27.6. The Morgan fingerprint density at radius 3 is 2.54 bits per heavy atom. The zero-order valence-electron chi connectivity index (χ0n) is 21.8. The lowest BCUT2D eigenvalue weighted by Gasteiger charge is -2.42. The fourth-order valence-electron chi connectivity index (χ4n) is 5.87. The molecule has 5 rings (SSSR count). The van der Waals surface area contributed by atoms with Crippen molar-refractivity contribution in [1.29, 1.82) is 0 Å². The molecular formula is C29H33F5N4O. The first-order valence-electron chi connectivity index (χ1n) is 13.2. The number of nitrogens with one attached hydrogen (secondary N) is 2. The zero-order chi connectivity index (χ0) is 27.9. The maximum absolute atomic E-state index is 15.8. The molecule has 1 fully saturated rings. The molecule has 3 heterocycles. The Morgan fingerprint density at radius 2 is 1.90 bits per heavy atom. The van der Waals surface area contributed by atoms with Gasteiger partial charge in [0.15, 0.2) is 0 Å². The van der Waals surface area contributed by atoms with E-state index in [0.29, 0.717) is 38.2 Å². The highest BCUT2D eigenvalue weighted by atomic mass is 19.3. The Kier molecular flexibility index (Phi) is 7.72. The van der Waals surface area contributed by atoms with Crippen LogP contribution in [-0.2, 0) is 6.42 Å². The SMILES string of the molecule is C=Cc1ccc2c3c([nH]c2c1)C(c1c(F)cc(NC2CN(CCCF)C2)cc1F)N(CC(F)(F)CO)C(C)C3. The molecule has 1 aromatic heterocycles. The fourth-order valence-corrected chi connectivity index (χ4v) is 5.87. The van der Waals surface area contributed by atoms with Gasteiger partial charge in [0.05, 0.1) is 25.3 Å². The predicted octanol–water partition coefficient (Wildman–Crippen LogP) is 5.51. The van der Waals surface area contributed by atoms with Gasteiger partial charge in [-0.25, -0.2) is 17.6 Å². The molecule has 0 saturated carbocycles. The van der Waals surface area contributed by atoms with E-state index in [0.717, 1.165) is 22.0 Å². The van der Waals surface area contributed by atoms with Crippen molar-refractivity contribution < 1.29 is 27.1 Å². The molecule has 2 aliphatic heterocycles. The molecule has 3 aromatic rings. The third-order valence-electron chi connectivity index (χ3n) is 7.80. The highest BCUT2D eigenvalue weighted by molar-refractivity contribution is 5.87. The Hall–Kier alpha value is -2.95. The lowest BCUT2D eigenvalue weighted by Crippen LogP contribution is -2.54. The van der Waals surface area contributed by atoms with E-state index in [1.165, 1.54) is 17.0 Å². The molecule has 210 valence electrons. The minimum atomic E-state index is -3.46. The Morgan fingerprint density at radius 1 is 1.18 bits per heavy atom. The van der Waals surface area contributed by atoms with Crippen LogP contribution in [0.1, 0.15) is 41.8 Å². The van der Waals surface area contributed by atoms with E-state index in [4.69, 9.17) is 0 Å². The Bertz CT molecular complexity index is 1330. The first-order valence-corrected chi connectivity index (χ1v) is 13.2. The fraction of sp³-hybridized carbons (Fsp3) is 0.448. The van der Waals surface area contributed by atoms with E-state index in [9.17, 15) is 18.3 Å². The van der Waals surface area contributed by atoms with Gasteiger partial charge in [0, 0.05) is 53.5 Å². The standard InChI is InChI=1S/C29H33F5N4O/c1-3-18-5-6-21-22-9-17(2)38(15-29(33,34)16-39)28(27(22)36-25(21)10-18)26-23(31)11-19(12-24(26)32)35-20-13-37(14-20)8-4-7-30/h3,5-6,10-12,17,20,28,35-36,39H,1,4,7-9,13-16H2,2H3. The van der Waals surface area contributed by atoms with Gasteiger partial charge in [-0.3, -0.25) is 14.2 Å². The molecule has 0 spiro atoms. The van der Waals surface area contributed by atoms with Crippen LogP contribution in [0.3, 0.4) is 0 Å². The average molecular weight is 549 g/mol. The van der Waals surface area contributed by atoms with Crippen molar-refractivity contribution in [1.82, 2.24) is 14.8 Å². The minimum Gasteiger partial charge on any atom is -0.390 e. The van der Waals surface area contributed by atoms with Crippen LogP contribution in [0.5, 0.6) is 0 Å². The van der Waals surface area contributed by atoms with Gasteiger partial charge in [-0.1, -0.05) is 24.8 Å². The molecule has 39 heavy (non-hydrogen) atoms. The lowest BCUT2D eigenvalue weighted by molar-refractivity contribution is -0.0869. The number of fused-ring (bicyclic) bond motifs is 3. The summed E-state index contributed by atoms with van der Waals surface area (Å²) in [5.74, 6) is -5.16. The molecule has 2 aromatic carbocycles. The van der Waals surface area contributed by atoms with Crippen molar-refractivity contribution >= 4 is 22.7 Å². The molecule has 0 bridgehead atoms. The molecular weight excluding hydrogens is 515 g/mol. The van der Waals surface area contributed by atoms with Crippen LogP contribution in [0.15, 0.2) is 36.9 Å². The molecule has 0 amide bonds. The first-order chi connectivity index (χ1) is 18.6. The van der Waals surface area contributed by atoms with E-state index in [1.54, 1.807) is 13.0 Å². The number of likely N-dealkylation sites (tertiary alicyclic amines) is 1. The van der Waals surface area contributed by atoms with Crippen LogP contribution < -0.4 is 5.32 Å². The number of alkyl halides is 3. The summed E-state index contributed by atoms with van der Waals surface area (Å²) < 4.78 is 73.0. The predicted molar refractivity (Wildman–Crippen MR) is 143 cm³/mol. The van der Waals surface area contributed by atoms with Crippen LogP contribution in [0.4, 0.5) is 27.6 Å². The smallest absolute Gasteiger partial charge is 0.283 e. The second-order valence-corrected chi connectivity index (χ2v) is 10.7. The molecule has 3 N–H and O–H groups in total. The van der Waals surface area contributed by atoms with Crippen LogP contribution in [0, 0.1) is 11.6 Å². The summed E-state index contributed by atoms with van der Waals surface area (Å²) in [5, 5.41) is 13.3. The normalized spacial score (nSPS) is 20.7. The molecule has 0 aliphatic carbocycles. The summed E-state index contributed by atoms with van der Waals surface area (Å²) in [5.41, 5.74) is 2.79. The molecule has 2 unspecified atom stereocenters. The van der Waals surface area contributed by atoms with Crippen LogP contribution in [0.25, 0.3) is 17.0 Å². The molecule has 0 radical (unpaired) electrons. The summed E-state index contributed by atoms with van der Waals surface area (Å²) in [6, 6.07) is 6.38. The second-order valence-electron chi connectivity index (χ2n) is 10.7. The van der Waals surface area contributed by atoms with Gasteiger partial charge in [-0.05, 0) is 49.1 Å². The van der Waals surface area contributed by atoms with E-state index in [-0.39, 0.29) is 24.0 Å². The van der Waals surface area contributed by atoms with E-state index >= 15 is 8.78 Å². The quantitative estimate of drug-likeness (QED) is 0.293. The van der Waals surface area contributed by atoms with Crippen molar-refractivity contribution in [3.63, 3.8) is 0 Å². The summed E-state index contributed by atoms with van der Waals surface area (Å²) >= 11 is 0. The van der Waals surface area contributed by atoms with Gasteiger partial charge in [0.2, 0.25) is 0 Å². The second kappa shape index (κ2) is 10.9. The Labute approximate surface area is 224 Å². The summed E-state index contributed by atoms with van der Waals surface area (Å²) in [7, 11) is 0. The third-order valence-corrected chi connectivity index (χ3v) is 7.80. The summed E-state index contributed by atoms with van der Waals surface area (Å²) in [6.07, 6.45) is 2.52. The monoisotopic (exact) mass is 548 g/mol. The number of aromatic nitrogens is 1. The van der Waals surface area contributed by atoms with Crippen LogP contribution >= 0.6 is 0 Å². The number of hydrogen-bond donors (Lipinski definition) is 3. The molecule has 10 heteroatoms. The van der Waals surface area contributed by atoms with Crippen molar-refractivity contribution in [3.8, 4) is 0 Å². The summed E-state index contributed by atoms with van der Waals surface area (Å²) in [4.78, 5) is 6.68. The number of aromatic amines is 1. The average Bonchev–Trinajstić information content (AvgIpc) is 3.23. The van der Waals surface area contributed by atoms with Crippen molar-refractivity contribution in [2.75, 3.05) is 44.8 Å². The van der Waals surface area contributed by atoms with Gasteiger partial charge in [0.1, 0.15) is 18.2 Å². The van der Waals surface area contributed by atoms with Crippen LogP contribution in [0.2, 0.25) is 0 Å². The lowest BCUT2D eigenvalue weighted by atomic mass is 9.87. The van der Waals surface area contributed by atoms with Crippen molar-refractivity contribution in [2.24, 2.45) is 0 Å². The van der Waals surface area contributed by atoms with Gasteiger partial charge < -0.3 is 15.4 Å². The van der Waals surface area contributed by atoms with Gasteiger partial charge >= 0.3 is 0 Å². The van der Waals surface area contributed by atoms with Gasteiger partial charge in [0.25, 0.3) is 5.92 Å². The maximum Gasteiger partial charge on any atom is 0.283 e. The Balaban J connectivity index is 1.53. The molecule has 2 aliphatic rings. The number of rotatable bonds is 10. The maximum atomic E-state index is 15.8. The highest BCUT2D eigenvalue weighted by Gasteiger charge is 2.43. The number of H-pyrrole nitrogens is 1. The van der Waals surface area contributed by atoms with E-state index in [2.05, 4.69) is 21.8 Å². The van der Waals surface area contributed by atoms with E-state index < -0.39 is 42.8 Å². The number of aliphatic hydroxyl groups is 1. The number of halogens is 5. The zero-order valence-corrected chi connectivity index (χ0v) is 21.8. The number of hydrogen-bond acceptors (Lipinski definition) is 4. The minimum absolute atomic E-state index is 0.0249. The number of aliphatic hydroxyl groups excluding tert-OH is 1. The van der Waals surface area contributed by atoms with Crippen molar-refractivity contribution in [2.45, 2.75) is 43.8 Å². The van der Waals surface area contributed by atoms with Crippen molar-refractivity contribution in [3.05, 3.63) is 70.9 Å². The molecule has 1 saturated heterocycles.